The number of aliphatic imine (C=N–C) groups is 1. The first-order valence-corrected chi connectivity index (χ1v) is 10.4. The van der Waals surface area contributed by atoms with Gasteiger partial charge in [-0.2, -0.15) is 0 Å². The van der Waals surface area contributed by atoms with Crippen LogP contribution < -0.4 is 5.32 Å². The minimum absolute atomic E-state index is 0. The van der Waals surface area contributed by atoms with E-state index in [-0.39, 0.29) is 41.9 Å². The lowest BCUT2D eigenvalue weighted by Gasteiger charge is -2.35. The Morgan fingerprint density at radius 1 is 1.31 bits per heavy atom. The molecule has 1 unspecified atom stereocenters. The van der Waals surface area contributed by atoms with E-state index >= 15 is 0 Å². The van der Waals surface area contributed by atoms with Gasteiger partial charge in [-0.25, -0.2) is 9.38 Å². The van der Waals surface area contributed by atoms with Gasteiger partial charge in [-0.3, -0.25) is 0 Å². The molecule has 0 bridgehead atoms. The molecule has 6 nitrogen and oxygen atoms in total. The third-order valence-electron chi connectivity index (χ3n) is 5.29. The Morgan fingerprint density at radius 2 is 2.10 bits per heavy atom. The van der Waals surface area contributed by atoms with Crippen LogP contribution >= 0.6 is 24.0 Å². The predicted octanol–water partition coefficient (Wildman–Crippen LogP) is 3.66. The number of benzene rings is 1. The van der Waals surface area contributed by atoms with Crippen molar-refractivity contribution >= 4 is 29.9 Å². The first-order valence-electron chi connectivity index (χ1n) is 10.4. The van der Waals surface area contributed by atoms with E-state index in [9.17, 15) is 9.50 Å². The molecule has 3 rings (SSSR count). The Hall–Kier alpha value is -1.13. The molecular weight excluding hydrogens is 488 g/mol. The molecule has 8 heteroatoms. The highest BCUT2D eigenvalue weighted by Gasteiger charge is 2.23. The summed E-state index contributed by atoms with van der Waals surface area (Å²) in [5.41, 5.74) is 0.733. The van der Waals surface area contributed by atoms with Crippen LogP contribution in [0, 0.1) is 5.82 Å². The van der Waals surface area contributed by atoms with Crippen LogP contribution in [0.3, 0.4) is 0 Å². The third-order valence-corrected chi connectivity index (χ3v) is 5.29. The number of aromatic hydroxyl groups is 1. The maximum absolute atomic E-state index is 13.5. The lowest BCUT2D eigenvalue weighted by atomic mass is 10.1. The molecular formula is C21H33FIN3O3. The van der Waals surface area contributed by atoms with E-state index in [1.807, 2.05) is 6.92 Å². The molecule has 0 amide bonds. The number of phenols is 1. The van der Waals surface area contributed by atoms with Crippen LogP contribution in [-0.4, -0.2) is 61.0 Å². The molecule has 29 heavy (non-hydrogen) atoms. The number of hydrogen-bond donors (Lipinski definition) is 2. The summed E-state index contributed by atoms with van der Waals surface area (Å²) in [5.74, 6) is -0.108. The summed E-state index contributed by atoms with van der Waals surface area (Å²) in [6.45, 7) is 6.51. The first kappa shape index (κ1) is 24.1. The summed E-state index contributed by atoms with van der Waals surface area (Å²) in [4.78, 5) is 6.88. The minimum atomic E-state index is -0.613. The van der Waals surface area contributed by atoms with E-state index in [1.54, 1.807) is 6.07 Å². The van der Waals surface area contributed by atoms with Gasteiger partial charge in [0, 0.05) is 26.2 Å². The van der Waals surface area contributed by atoms with Gasteiger partial charge in [-0.05, 0) is 56.7 Å². The lowest BCUT2D eigenvalue weighted by molar-refractivity contribution is -0.0721. The van der Waals surface area contributed by atoms with Crippen molar-refractivity contribution in [1.29, 1.82) is 0 Å². The van der Waals surface area contributed by atoms with Crippen LogP contribution in [0.4, 0.5) is 4.39 Å². The van der Waals surface area contributed by atoms with Crippen molar-refractivity contribution in [2.45, 2.75) is 57.8 Å². The van der Waals surface area contributed by atoms with Gasteiger partial charge in [-0.1, -0.05) is 6.07 Å². The fraction of sp³-hybridized carbons (Fsp3) is 0.667. The molecule has 1 aromatic rings. The van der Waals surface area contributed by atoms with Crippen LogP contribution in [0.2, 0.25) is 0 Å². The van der Waals surface area contributed by atoms with Gasteiger partial charge in [0.1, 0.15) is 0 Å². The fourth-order valence-corrected chi connectivity index (χ4v) is 3.66. The number of phenolic OH excluding ortho intramolecular Hbond substituents is 1. The smallest absolute Gasteiger partial charge is 0.194 e. The molecule has 0 radical (unpaired) electrons. The Bertz CT molecular complexity index is 648. The molecule has 2 fully saturated rings. The number of nitrogens with one attached hydrogen (secondary N) is 1. The monoisotopic (exact) mass is 521 g/mol. The zero-order valence-corrected chi connectivity index (χ0v) is 19.4. The molecule has 2 aliphatic rings. The van der Waals surface area contributed by atoms with Gasteiger partial charge in [0.05, 0.1) is 25.4 Å². The Morgan fingerprint density at radius 3 is 2.76 bits per heavy atom. The third kappa shape index (κ3) is 7.57. The van der Waals surface area contributed by atoms with E-state index in [2.05, 4.69) is 15.2 Å². The molecule has 164 valence electrons. The largest absolute Gasteiger partial charge is 0.505 e. The number of halogens is 2. The Labute approximate surface area is 189 Å². The molecule has 1 atom stereocenters. The average Bonchev–Trinajstić information content (AvgIpc) is 2.73. The fourth-order valence-electron chi connectivity index (χ4n) is 3.66. The topological polar surface area (TPSA) is 66.3 Å². The van der Waals surface area contributed by atoms with Gasteiger partial charge in [0.15, 0.2) is 17.5 Å². The average molecular weight is 521 g/mol. The normalized spacial score (nSPS) is 21.0. The zero-order chi connectivity index (χ0) is 19.8. The number of hydrogen-bond acceptors (Lipinski definition) is 4. The SMILES string of the molecule is CCNC(=NCc1ccc(O)c(F)c1)N1CCC(OCC2CCCCO2)CC1.I. The highest BCUT2D eigenvalue weighted by Crippen LogP contribution is 2.19. The van der Waals surface area contributed by atoms with E-state index in [0.717, 1.165) is 63.4 Å². The number of likely N-dealkylation sites (tertiary alicyclic amines) is 1. The van der Waals surface area contributed by atoms with E-state index in [0.29, 0.717) is 13.2 Å². The molecule has 0 aromatic heterocycles. The van der Waals surface area contributed by atoms with Crippen LogP contribution in [0.1, 0.15) is 44.6 Å². The second-order valence-electron chi connectivity index (χ2n) is 7.46. The van der Waals surface area contributed by atoms with Crippen LogP contribution in [-0.2, 0) is 16.0 Å². The number of ether oxygens (including phenoxy) is 2. The highest BCUT2D eigenvalue weighted by molar-refractivity contribution is 14.0. The molecule has 1 aromatic carbocycles. The van der Waals surface area contributed by atoms with Crippen molar-refractivity contribution in [3.63, 3.8) is 0 Å². The number of rotatable bonds is 6. The molecule has 0 saturated carbocycles. The number of guanidine groups is 1. The molecule has 2 heterocycles. The Balaban J connectivity index is 0.00000300. The van der Waals surface area contributed by atoms with Crippen LogP contribution in [0.25, 0.3) is 0 Å². The summed E-state index contributed by atoms with van der Waals surface area (Å²) in [7, 11) is 0. The van der Waals surface area contributed by atoms with Gasteiger partial charge < -0.3 is 24.8 Å². The van der Waals surface area contributed by atoms with Gasteiger partial charge in [0.2, 0.25) is 0 Å². The van der Waals surface area contributed by atoms with Gasteiger partial charge >= 0.3 is 0 Å². The summed E-state index contributed by atoms with van der Waals surface area (Å²) >= 11 is 0. The Kier molecular flexibility index (Phi) is 10.4. The predicted molar refractivity (Wildman–Crippen MR) is 122 cm³/mol. The van der Waals surface area contributed by atoms with Crippen molar-refractivity contribution < 1.29 is 19.0 Å². The number of nitrogens with zero attached hydrogens (tertiary/aromatic N) is 2. The quantitative estimate of drug-likeness (QED) is 0.340. The van der Waals surface area contributed by atoms with Crippen molar-refractivity contribution in [1.82, 2.24) is 10.2 Å². The second kappa shape index (κ2) is 12.5. The van der Waals surface area contributed by atoms with E-state index in [4.69, 9.17) is 9.47 Å². The maximum atomic E-state index is 13.5. The van der Waals surface area contributed by atoms with Crippen molar-refractivity contribution in [2.24, 2.45) is 4.99 Å². The van der Waals surface area contributed by atoms with E-state index in [1.165, 1.54) is 18.6 Å². The summed E-state index contributed by atoms with van der Waals surface area (Å²) in [6.07, 6.45) is 5.97. The van der Waals surface area contributed by atoms with Gasteiger partial charge in [-0.15, -0.1) is 24.0 Å². The maximum Gasteiger partial charge on any atom is 0.194 e. The summed E-state index contributed by atoms with van der Waals surface area (Å²) in [5, 5.41) is 12.6. The summed E-state index contributed by atoms with van der Waals surface area (Å²) in [6, 6.07) is 4.39. The molecule has 0 aliphatic carbocycles. The van der Waals surface area contributed by atoms with Crippen molar-refractivity contribution in [3.05, 3.63) is 29.6 Å². The molecule has 2 saturated heterocycles. The highest BCUT2D eigenvalue weighted by atomic mass is 127. The zero-order valence-electron chi connectivity index (χ0n) is 17.1. The molecule has 2 N–H and O–H groups in total. The molecule has 2 aliphatic heterocycles. The molecule has 0 spiro atoms. The van der Waals surface area contributed by atoms with Crippen molar-refractivity contribution in [3.8, 4) is 5.75 Å². The standard InChI is InChI=1S/C21H32FN3O3.HI/c1-2-23-21(24-14-16-6-7-20(26)19(22)13-16)25-10-8-17(9-11-25)28-15-18-5-3-4-12-27-18;/h6-7,13,17-18,26H,2-5,8-12,14-15H2,1H3,(H,23,24);1H. The number of piperidine rings is 1. The van der Waals surface area contributed by atoms with E-state index < -0.39 is 5.82 Å². The second-order valence-corrected chi connectivity index (χ2v) is 7.46. The van der Waals surface area contributed by atoms with Gasteiger partial charge in [0.25, 0.3) is 0 Å². The lowest BCUT2D eigenvalue weighted by Crippen LogP contribution is -2.47. The van der Waals surface area contributed by atoms with Crippen molar-refractivity contribution in [2.75, 3.05) is 32.8 Å². The minimum Gasteiger partial charge on any atom is -0.505 e. The first-order chi connectivity index (χ1) is 13.7. The van der Waals surface area contributed by atoms with Crippen LogP contribution in [0.5, 0.6) is 5.75 Å². The summed E-state index contributed by atoms with van der Waals surface area (Å²) < 4.78 is 25.3. The van der Waals surface area contributed by atoms with Crippen LogP contribution in [0.15, 0.2) is 23.2 Å².